The highest BCUT2D eigenvalue weighted by atomic mass is 16.2. The molecule has 1 heterocycles. The van der Waals surface area contributed by atoms with Gasteiger partial charge in [0.1, 0.15) is 5.82 Å². The summed E-state index contributed by atoms with van der Waals surface area (Å²) in [5, 5.41) is 0. The van der Waals surface area contributed by atoms with Gasteiger partial charge in [0.2, 0.25) is 5.91 Å². The molecule has 3 N–H and O–H groups in total. The number of anilines is 2. The number of nitrogens with two attached hydrogens (primary N) is 1. The van der Waals surface area contributed by atoms with E-state index in [9.17, 15) is 14.4 Å². The number of aromatic amines is 1. The Morgan fingerprint density at radius 3 is 2.51 bits per heavy atom. The maximum absolute atomic E-state index is 13.6. The first-order chi connectivity index (χ1) is 16.9. The number of hydrogen-bond acceptors (Lipinski definition) is 4. The average Bonchev–Trinajstić information content (AvgIpc) is 2.86. The van der Waals surface area contributed by atoms with Gasteiger partial charge in [-0.1, -0.05) is 66.2 Å². The Morgan fingerprint density at radius 1 is 1.06 bits per heavy atom. The topological polar surface area (TPSA) is 101 Å². The number of benzene rings is 2. The van der Waals surface area contributed by atoms with Crippen LogP contribution in [0.5, 0.6) is 0 Å². The van der Waals surface area contributed by atoms with E-state index in [4.69, 9.17) is 5.73 Å². The molecule has 2 aromatic carbocycles. The lowest BCUT2D eigenvalue weighted by Gasteiger charge is -2.26. The largest absolute Gasteiger partial charge is 0.383 e. The minimum atomic E-state index is -0.646. The second kappa shape index (κ2) is 11.0. The van der Waals surface area contributed by atoms with E-state index in [2.05, 4.69) is 11.1 Å². The molecule has 1 aliphatic rings. The number of carbonyl (C=O) groups excluding carboxylic acids is 1. The zero-order valence-corrected chi connectivity index (χ0v) is 20.1. The fourth-order valence-corrected chi connectivity index (χ4v) is 4.58. The van der Waals surface area contributed by atoms with E-state index in [0.717, 1.165) is 36.0 Å². The number of nitrogens with one attached hydrogen (secondary N) is 1. The molecule has 35 heavy (non-hydrogen) atoms. The molecule has 0 fully saturated rings. The fraction of sp³-hybridized carbons (Fsp3) is 0.321. The first kappa shape index (κ1) is 24.3. The van der Waals surface area contributed by atoms with E-state index in [1.165, 1.54) is 21.5 Å². The van der Waals surface area contributed by atoms with Crippen molar-refractivity contribution in [3.8, 4) is 0 Å². The van der Waals surface area contributed by atoms with Gasteiger partial charge in [-0.3, -0.25) is 19.1 Å². The highest BCUT2D eigenvalue weighted by molar-refractivity contribution is 5.97. The second-order valence-corrected chi connectivity index (χ2v) is 9.07. The van der Waals surface area contributed by atoms with E-state index in [-0.39, 0.29) is 30.4 Å². The Morgan fingerprint density at radius 2 is 1.80 bits per heavy atom. The Balaban J connectivity index is 1.72. The first-order valence-electron chi connectivity index (χ1n) is 12.1. The zero-order valence-electron chi connectivity index (χ0n) is 20.1. The van der Waals surface area contributed by atoms with Crippen LogP contribution in [0.2, 0.25) is 0 Å². The van der Waals surface area contributed by atoms with E-state index in [1.807, 2.05) is 61.5 Å². The van der Waals surface area contributed by atoms with Gasteiger partial charge in [-0.15, -0.1) is 0 Å². The average molecular weight is 473 g/mol. The van der Waals surface area contributed by atoms with Crippen molar-refractivity contribution in [2.75, 3.05) is 17.2 Å². The minimum Gasteiger partial charge on any atom is -0.383 e. The number of amides is 1. The predicted octanol–water partition coefficient (Wildman–Crippen LogP) is 3.94. The van der Waals surface area contributed by atoms with Crippen molar-refractivity contribution in [1.29, 1.82) is 0 Å². The van der Waals surface area contributed by atoms with Crippen LogP contribution in [0.1, 0.15) is 48.8 Å². The number of nitrogen functional groups attached to an aromatic ring is 1. The van der Waals surface area contributed by atoms with Gasteiger partial charge in [-0.2, -0.15) is 0 Å². The van der Waals surface area contributed by atoms with Crippen molar-refractivity contribution in [2.24, 2.45) is 0 Å². The van der Waals surface area contributed by atoms with Crippen LogP contribution in [0.15, 0.2) is 75.8 Å². The second-order valence-electron chi connectivity index (χ2n) is 9.07. The van der Waals surface area contributed by atoms with E-state index in [0.29, 0.717) is 13.0 Å². The molecule has 1 aliphatic carbocycles. The molecular formula is C28H32N4O3. The van der Waals surface area contributed by atoms with Crippen molar-refractivity contribution in [3.63, 3.8) is 0 Å². The van der Waals surface area contributed by atoms with Crippen molar-refractivity contribution in [2.45, 2.75) is 52.0 Å². The summed E-state index contributed by atoms with van der Waals surface area (Å²) in [6.07, 6.45) is 7.39. The van der Waals surface area contributed by atoms with Gasteiger partial charge in [0, 0.05) is 6.54 Å². The quantitative estimate of drug-likeness (QED) is 0.485. The van der Waals surface area contributed by atoms with Crippen LogP contribution >= 0.6 is 0 Å². The van der Waals surface area contributed by atoms with E-state index >= 15 is 0 Å². The Kier molecular flexibility index (Phi) is 7.65. The lowest BCUT2D eigenvalue weighted by molar-refractivity contribution is -0.118. The maximum atomic E-state index is 13.6. The summed E-state index contributed by atoms with van der Waals surface area (Å²) in [5.74, 6) is -0.226. The third kappa shape index (κ3) is 5.80. The summed E-state index contributed by atoms with van der Waals surface area (Å²) in [7, 11) is 0. The lowest BCUT2D eigenvalue weighted by atomic mass is 9.97. The van der Waals surface area contributed by atoms with E-state index in [1.54, 1.807) is 0 Å². The van der Waals surface area contributed by atoms with Crippen molar-refractivity contribution < 1.29 is 4.79 Å². The molecule has 7 heteroatoms. The maximum Gasteiger partial charge on any atom is 0.330 e. The molecule has 1 aromatic heterocycles. The molecule has 0 saturated heterocycles. The number of H-pyrrole nitrogens is 1. The number of rotatable bonds is 8. The molecule has 1 amide bonds. The van der Waals surface area contributed by atoms with Crippen LogP contribution in [0.3, 0.4) is 0 Å². The van der Waals surface area contributed by atoms with Gasteiger partial charge in [-0.25, -0.2) is 4.79 Å². The normalized spacial score (nSPS) is 13.3. The van der Waals surface area contributed by atoms with Crippen LogP contribution in [0.25, 0.3) is 0 Å². The molecular weight excluding hydrogens is 440 g/mol. The first-order valence-corrected chi connectivity index (χ1v) is 12.1. The summed E-state index contributed by atoms with van der Waals surface area (Å²) >= 11 is 0. The number of aryl methyl sites for hydroxylation is 1. The van der Waals surface area contributed by atoms with Gasteiger partial charge >= 0.3 is 5.69 Å². The molecule has 0 bridgehead atoms. The molecule has 0 saturated carbocycles. The number of aromatic nitrogens is 2. The third-order valence-electron chi connectivity index (χ3n) is 6.61. The van der Waals surface area contributed by atoms with Crippen molar-refractivity contribution in [1.82, 2.24) is 9.55 Å². The minimum absolute atomic E-state index is 0.00152. The smallest absolute Gasteiger partial charge is 0.330 e. The monoisotopic (exact) mass is 472 g/mol. The van der Waals surface area contributed by atoms with Crippen LogP contribution in [0, 0.1) is 6.92 Å². The molecule has 182 valence electrons. The predicted molar refractivity (Wildman–Crippen MR) is 140 cm³/mol. The highest BCUT2D eigenvalue weighted by Crippen LogP contribution is 2.24. The van der Waals surface area contributed by atoms with Gasteiger partial charge in [0.05, 0.1) is 13.0 Å². The SMILES string of the molecule is Cc1ccccc1CC(=O)N(CCC1=CCCCC1)c1c(N)n(Cc2ccccc2)c(=O)[nH]c1=O. The van der Waals surface area contributed by atoms with E-state index < -0.39 is 11.2 Å². The van der Waals surface area contributed by atoms with Crippen LogP contribution in [0.4, 0.5) is 11.5 Å². The summed E-state index contributed by atoms with van der Waals surface area (Å²) in [5.41, 5.74) is 9.29. The van der Waals surface area contributed by atoms with Gasteiger partial charge in [-0.05, 0) is 55.7 Å². The number of nitrogens with zero attached hydrogens (tertiary/aromatic N) is 2. The van der Waals surface area contributed by atoms with Crippen LogP contribution in [-0.4, -0.2) is 22.0 Å². The molecule has 4 rings (SSSR count). The van der Waals surface area contributed by atoms with Gasteiger partial charge < -0.3 is 10.6 Å². The summed E-state index contributed by atoms with van der Waals surface area (Å²) in [6, 6.07) is 17.1. The Labute approximate surface area is 204 Å². The molecule has 0 radical (unpaired) electrons. The Hall–Kier alpha value is -3.87. The summed E-state index contributed by atoms with van der Waals surface area (Å²) in [4.78, 5) is 43.1. The highest BCUT2D eigenvalue weighted by Gasteiger charge is 2.25. The zero-order chi connectivity index (χ0) is 24.8. The van der Waals surface area contributed by atoms with Crippen LogP contribution < -0.4 is 21.9 Å². The van der Waals surface area contributed by atoms with Crippen molar-refractivity contribution >= 4 is 17.4 Å². The molecule has 0 spiro atoms. The summed E-state index contributed by atoms with van der Waals surface area (Å²) in [6.45, 7) is 2.48. The molecule has 0 atom stereocenters. The Bertz CT molecular complexity index is 1340. The lowest BCUT2D eigenvalue weighted by Crippen LogP contribution is -2.42. The van der Waals surface area contributed by atoms with Gasteiger partial charge in [0.15, 0.2) is 5.69 Å². The number of allylic oxidation sites excluding steroid dienone is 1. The standard InChI is InChI=1S/C28H32N4O3/c1-20-10-8-9-15-23(20)18-24(33)31(17-16-21-11-4-2-5-12-21)25-26(29)32(28(35)30-27(25)34)19-22-13-6-3-7-14-22/h3,6-11,13-15H,2,4-5,12,16-19,29H2,1H3,(H,30,34,35). The van der Waals surface area contributed by atoms with Crippen LogP contribution in [-0.2, 0) is 17.8 Å². The molecule has 7 nitrogen and oxygen atoms in total. The van der Waals surface area contributed by atoms with Gasteiger partial charge in [0.25, 0.3) is 5.56 Å². The summed E-state index contributed by atoms with van der Waals surface area (Å²) < 4.78 is 1.32. The number of carbonyl (C=O) groups is 1. The molecule has 3 aromatic rings. The third-order valence-corrected chi connectivity index (χ3v) is 6.61. The van der Waals surface area contributed by atoms with Crippen molar-refractivity contribution in [3.05, 3.63) is 104 Å². The number of hydrogen-bond donors (Lipinski definition) is 2. The molecule has 0 unspecified atom stereocenters. The molecule has 0 aliphatic heterocycles. The fourth-order valence-electron chi connectivity index (χ4n) is 4.58.